The molecular formula is C10H13NO2S. The van der Waals surface area contributed by atoms with Gasteiger partial charge in [-0.15, -0.1) is 0 Å². The summed E-state index contributed by atoms with van der Waals surface area (Å²) in [7, 11) is 0. The SMILES string of the molecule is O=C1C=C(N2CC(S)CC2=O)CCC1. The van der Waals surface area contributed by atoms with Crippen LogP contribution in [0, 0.1) is 0 Å². The first-order chi connectivity index (χ1) is 6.66. The number of carbonyl (C=O) groups excluding carboxylic acids is 2. The van der Waals surface area contributed by atoms with E-state index in [0.29, 0.717) is 19.4 Å². The van der Waals surface area contributed by atoms with E-state index in [9.17, 15) is 9.59 Å². The number of allylic oxidation sites excluding steroid dienone is 2. The van der Waals surface area contributed by atoms with Gasteiger partial charge in [0.1, 0.15) is 0 Å². The van der Waals surface area contributed by atoms with Crippen molar-refractivity contribution in [1.82, 2.24) is 4.90 Å². The number of rotatable bonds is 1. The highest BCUT2D eigenvalue weighted by molar-refractivity contribution is 7.81. The second-order valence-electron chi connectivity index (χ2n) is 3.82. The predicted octanol–water partition coefficient (Wildman–Crippen LogP) is 1.15. The second kappa shape index (κ2) is 3.77. The molecule has 1 heterocycles. The molecule has 1 atom stereocenters. The fourth-order valence-corrected chi connectivity index (χ4v) is 2.27. The fraction of sp³-hybridized carbons (Fsp3) is 0.600. The molecule has 14 heavy (non-hydrogen) atoms. The summed E-state index contributed by atoms with van der Waals surface area (Å²) in [6.45, 7) is 0.654. The second-order valence-corrected chi connectivity index (χ2v) is 4.55. The third-order valence-corrected chi connectivity index (χ3v) is 2.98. The highest BCUT2D eigenvalue weighted by Gasteiger charge is 2.30. The molecule has 0 radical (unpaired) electrons. The number of hydrogen-bond acceptors (Lipinski definition) is 3. The zero-order valence-corrected chi connectivity index (χ0v) is 8.80. The number of likely N-dealkylation sites (tertiary alicyclic amines) is 1. The molecule has 0 spiro atoms. The Morgan fingerprint density at radius 1 is 1.36 bits per heavy atom. The first-order valence-electron chi connectivity index (χ1n) is 4.88. The van der Waals surface area contributed by atoms with Gasteiger partial charge in [0.2, 0.25) is 5.91 Å². The van der Waals surface area contributed by atoms with Gasteiger partial charge in [-0.1, -0.05) is 0 Å². The van der Waals surface area contributed by atoms with Crippen LogP contribution in [-0.4, -0.2) is 28.4 Å². The van der Waals surface area contributed by atoms with E-state index < -0.39 is 0 Å². The van der Waals surface area contributed by atoms with Gasteiger partial charge in [-0.2, -0.15) is 12.6 Å². The van der Waals surface area contributed by atoms with Crippen LogP contribution in [0.5, 0.6) is 0 Å². The lowest BCUT2D eigenvalue weighted by atomic mass is 10.0. The molecule has 0 aromatic carbocycles. The highest BCUT2D eigenvalue weighted by Crippen LogP contribution is 2.26. The summed E-state index contributed by atoms with van der Waals surface area (Å²) in [5.41, 5.74) is 0.891. The van der Waals surface area contributed by atoms with Crippen LogP contribution in [-0.2, 0) is 9.59 Å². The van der Waals surface area contributed by atoms with E-state index >= 15 is 0 Å². The summed E-state index contributed by atoms with van der Waals surface area (Å²) in [6, 6.07) is 0. The van der Waals surface area contributed by atoms with Gasteiger partial charge in [0.25, 0.3) is 0 Å². The van der Waals surface area contributed by atoms with Gasteiger partial charge < -0.3 is 4.90 Å². The zero-order chi connectivity index (χ0) is 10.1. The molecule has 1 aliphatic heterocycles. The monoisotopic (exact) mass is 211 g/mol. The third-order valence-electron chi connectivity index (χ3n) is 2.64. The van der Waals surface area contributed by atoms with Crippen molar-refractivity contribution in [3.63, 3.8) is 0 Å². The van der Waals surface area contributed by atoms with Gasteiger partial charge in [-0.3, -0.25) is 9.59 Å². The van der Waals surface area contributed by atoms with Crippen molar-refractivity contribution in [2.75, 3.05) is 6.54 Å². The molecule has 1 fully saturated rings. The molecule has 0 bridgehead atoms. The molecule has 0 saturated carbocycles. The summed E-state index contributed by atoms with van der Waals surface area (Å²) in [5.74, 6) is 0.243. The largest absolute Gasteiger partial charge is 0.315 e. The zero-order valence-electron chi connectivity index (χ0n) is 7.90. The van der Waals surface area contributed by atoms with Crippen molar-refractivity contribution >= 4 is 24.3 Å². The van der Waals surface area contributed by atoms with Crippen LogP contribution in [0.4, 0.5) is 0 Å². The van der Waals surface area contributed by atoms with Crippen LogP contribution in [0.2, 0.25) is 0 Å². The Balaban J connectivity index is 2.15. The summed E-state index contributed by atoms with van der Waals surface area (Å²) in [5, 5.41) is 0.125. The molecule has 0 aromatic rings. The normalized spacial score (nSPS) is 28.2. The van der Waals surface area contributed by atoms with Gasteiger partial charge in [-0.25, -0.2) is 0 Å². The Labute approximate surface area is 88.6 Å². The fourth-order valence-electron chi connectivity index (χ4n) is 1.95. The lowest BCUT2D eigenvalue weighted by Gasteiger charge is -2.22. The highest BCUT2D eigenvalue weighted by atomic mass is 32.1. The smallest absolute Gasteiger partial charge is 0.227 e. The summed E-state index contributed by atoms with van der Waals surface area (Å²) < 4.78 is 0. The predicted molar refractivity (Wildman–Crippen MR) is 56.0 cm³/mol. The molecule has 1 amide bonds. The first-order valence-corrected chi connectivity index (χ1v) is 5.40. The number of thiol groups is 1. The average molecular weight is 211 g/mol. The minimum absolute atomic E-state index is 0.103. The summed E-state index contributed by atoms with van der Waals surface area (Å²) >= 11 is 4.28. The molecule has 2 rings (SSSR count). The topological polar surface area (TPSA) is 37.4 Å². The number of nitrogens with zero attached hydrogens (tertiary/aromatic N) is 1. The van der Waals surface area contributed by atoms with Crippen molar-refractivity contribution < 1.29 is 9.59 Å². The molecule has 0 N–H and O–H groups in total. The van der Waals surface area contributed by atoms with E-state index in [1.165, 1.54) is 0 Å². The summed E-state index contributed by atoms with van der Waals surface area (Å²) in [4.78, 5) is 24.4. The van der Waals surface area contributed by atoms with Crippen LogP contribution in [0.15, 0.2) is 11.8 Å². The van der Waals surface area contributed by atoms with E-state index in [-0.39, 0.29) is 16.9 Å². The maximum atomic E-state index is 11.5. The molecule has 4 heteroatoms. The third kappa shape index (κ3) is 1.85. The van der Waals surface area contributed by atoms with Gasteiger partial charge in [0.05, 0.1) is 0 Å². The van der Waals surface area contributed by atoms with Gasteiger partial charge in [0.15, 0.2) is 5.78 Å². The number of carbonyl (C=O) groups is 2. The molecule has 0 aromatic heterocycles. The Morgan fingerprint density at radius 2 is 2.14 bits per heavy atom. The van der Waals surface area contributed by atoms with Crippen LogP contribution in [0.25, 0.3) is 0 Å². The van der Waals surface area contributed by atoms with E-state index in [1.807, 2.05) is 0 Å². The Morgan fingerprint density at radius 3 is 2.71 bits per heavy atom. The Hall–Kier alpha value is -0.770. The standard InChI is InChI=1S/C10H13NO2S/c12-8-3-1-2-7(4-8)11-6-9(14)5-10(11)13/h4,9,14H,1-3,5-6H2. The first kappa shape index (κ1) is 9.77. The van der Waals surface area contributed by atoms with Crippen LogP contribution in [0.1, 0.15) is 25.7 Å². The van der Waals surface area contributed by atoms with Crippen molar-refractivity contribution in [2.24, 2.45) is 0 Å². The molecule has 2 aliphatic rings. The lowest BCUT2D eigenvalue weighted by Crippen LogP contribution is -2.26. The van der Waals surface area contributed by atoms with E-state index in [4.69, 9.17) is 0 Å². The van der Waals surface area contributed by atoms with Crippen molar-refractivity contribution in [1.29, 1.82) is 0 Å². The van der Waals surface area contributed by atoms with Gasteiger partial charge in [0, 0.05) is 36.4 Å². The van der Waals surface area contributed by atoms with E-state index in [2.05, 4.69) is 12.6 Å². The Bertz CT molecular complexity index is 311. The molecule has 1 saturated heterocycles. The quantitative estimate of drug-likeness (QED) is 0.661. The number of amides is 1. The lowest BCUT2D eigenvalue weighted by molar-refractivity contribution is -0.126. The van der Waals surface area contributed by atoms with Crippen molar-refractivity contribution in [3.05, 3.63) is 11.8 Å². The maximum Gasteiger partial charge on any atom is 0.227 e. The van der Waals surface area contributed by atoms with Crippen molar-refractivity contribution in [2.45, 2.75) is 30.9 Å². The minimum atomic E-state index is 0.103. The van der Waals surface area contributed by atoms with Gasteiger partial charge >= 0.3 is 0 Å². The minimum Gasteiger partial charge on any atom is -0.315 e. The number of ketones is 1. The molecule has 1 aliphatic carbocycles. The van der Waals surface area contributed by atoms with Crippen LogP contribution >= 0.6 is 12.6 Å². The molecule has 3 nitrogen and oxygen atoms in total. The molecular weight excluding hydrogens is 198 g/mol. The Kier molecular flexibility index (Phi) is 2.63. The van der Waals surface area contributed by atoms with Crippen LogP contribution < -0.4 is 0 Å². The van der Waals surface area contributed by atoms with Crippen molar-refractivity contribution in [3.8, 4) is 0 Å². The van der Waals surface area contributed by atoms with E-state index in [0.717, 1.165) is 18.5 Å². The average Bonchev–Trinajstić information content (AvgIpc) is 2.45. The molecule has 76 valence electrons. The van der Waals surface area contributed by atoms with Gasteiger partial charge in [-0.05, 0) is 12.8 Å². The number of hydrogen-bond donors (Lipinski definition) is 1. The van der Waals surface area contributed by atoms with Crippen LogP contribution in [0.3, 0.4) is 0 Å². The molecule has 1 unspecified atom stereocenters. The maximum absolute atomic E-state index is 11.5. The summed E-state index contributed by atoms with van der Waals surface area (Å²) in [6.07, 6.45) is 4.45. The van der Waals surface area contributed by atoms with E-state index in [1.54, 1.807) is 11.0 Å².